The van der Waals surface area contributed by atoms with E-state index in [1.54, 1.807) is 0 Å². The van der Waals surface area contributed by atoms with Gasteiger partial charge in [-0.05, 0) is 43.1 Å². The van der Waals surface area contributed by atoms with E-state index in [0.29, 0.717) is 23.9 Å². The van der Waals surface area contributed by atoms with Gasteiger partial charge in [0.25, 0.3) is 0 Å². The zero-order chi connectivity index (χ0) is 14.8. The van der Waals surface area contributed by atoms with Crippen LogP contribution in [0.4, 0.5) is 10.8 Å². The maximum Gasteiger partial charge on any atom is 0.185 e. The van der Waals surface area contributed by atoms with Crippen molar-refractivity contribution in [1.82, 2.24) is 4.37 Å². The lowest BCUT2D eigenvalue weighted by Crippen LogP contribution is -2.15. The molecule has 6 nitrogen and oxygen atoms in total. The van der Waals surface area contributed by atoms with E-state index in [4.69, 9.17) is 5.73 Å². The molecule has 2 atom stereocenters. The third-order valence-corrected chi connectivity index (χ3v) is 6.45. The highest BCUT2D eigenvalue weighted by Gasteiger charge is 2.27. The van der Waals surface area contributed by atoms with E-state index < -0.39 is 9.84 Å². The Morgan fingerprint density at radius 1 is 1.50 bits per heavy atom. The van der Waals surface area contributed by atoms with Gasteiger partial charge in [-0.2, -0.15) is 4.37 Å². The van der Waals surface area contributed by atoms with Crippen molar-refractivity contribution in [2.45, 2.75) is 43.6 Å². The van der Waals surface area contributed by atoms with Crippen molar-refractivity contribution in [3.63, 3.8) is 0 Å². The molecule has 0 bridgehead atoms. The number of anilines is 2. The minimum Gasteiger partial charge on any atom is -0.393 e. The molecular weight excluding hydrogens is 298 g/mol. The molecule has 2 unspecified atom stereocenters. The fourth-order valence-electron chi connectivity index (χ4n) is 2.55. The minimum absolute atomic E-state index is 0.0758. The van der Waals surface area contributed by atoms with Crippen LogP contribution in [0.15, 0.2) is 4.90 Å². The number of nitrogens with zero attached hydrogens (tertiary/aromatic N) is 1. The molecule has 1 aliphatic carbocycles. The largest absolute Gasteiger partial charge is 0.393 e. The topological polar surface area (TPSA) is 105 Å². The lowest BCUT2D eigenvalue weighted by Gasteiger charge is -2.12. The predicted molar refractivity (Wildman–Crippen MR) is 80.7 cm³/mol. The molecule has 4 N–H and O–H groups in total. The number of aliphatic hydroxyl groups excluding tert-OH is 1. The van der Waals surface area contributed by atoms with E-state index in [0.717, 1.165) is 30.8 Å². The van der Waals surface area contributed by atoms with Gasteiger partial charge < -0.3 is 16.2 Å². The molecule has 20 heavy (non-hydrogen) atoms. The summed E-state index contributed by atoms with van der Waals surface area (Å²) in [6.07, 6.45) is 2.86. The summed E-state index contributed by atoms with van der Waals surface area (Å²) in [5.41, 5.74) is 5.70. The van der Waals surface area contributed by atoms with Crippen LogP contribution in [0.5, 0.6) is 0 Å². The van der Waals surface area contributed by atoms with Gasteiger partial charge in [-0.3, -0.25) is 0 Å². The van der Waals surface area contributed by atoms with Crippen LogP contribution in [0.3, 0.4) is 0 Å². The number of aromatic nitrogens is 1. The molecule has 0 saturated heterocycles. The Balaban J connectivity index is 2.09. The third kappa shape index (κ3) is 3.42. The summed E-state index contributed by atoms with van der Waals surface area (Å²) in [6, 6.07) is 0. The molecule has 1 heterocycles. The number of hydrogen-bond acceptors (Lipinski definition) is 7. The van der Waals surface area contributed by atoms with Crippen molar-refractivity contribution in [1.29, 1.82) is 0 Å². The van der Waals surface area contributed by atoms with E-state index in [2.05, 4.69) is 9.69 Å². The number of hydrogen-bond donors (Lipinski definition) is 3. The van der Waals surface area contributed by atoms with E-state index in [9.17, 15) is 13.5 Å². The smallest absolute Gasteiger partial charge is 0.185 e. The normalized spacial score (nSPS) is 23.1. The van der Waals surface area contributed by atoms with Crippen LogP contribution in [-0.2, 0) is 9.84 Å². The van der Waals surface area contributed by atoms with Crippen molar-refractivity contribution >= 4 is 32.2 Å². The van der Waals surface area contributed by atoms with Crippen molar-refractivity contribution in [3.8, 4) is 0 Å². The van der Waals surface area contributed by atoms with Crippen LogP contribution >= 0.6 is 11.5 Å². The Hall–Kier alpha value is -0.860. The summed E-state index contributed by atoms with van der Waals surface area (Å²) in [4.78, 5) is 0.142. The molecule has 0 radical (unpaired) electrons. The van der Waals surface area contributed by atoms with Crippen LogP contribution < -0.4 is 11.1 Å². The van der Waals surface area contributed by atoms with E-state index in [1.807, 2.05) is 6.92 Å². The van der Waals surface area contributed by atoms with Crippen LogP contribution in [0, 0.1) is 5.92 Å². The Morgan fingerprint density at radius 2 is 2.25 bits per heavy atom. The van der Waals surface area contributed by atoms with Gasteiger partial charge in [0.05, 0.1) is 11.9 Å². The van der Waals surface area contributed by atoms with Gasteiger partial charge in [-0.1, -0.05) is 6.92 Å². The molecule has 8 heteroatoms. The molecule has 1 fully saturated rings. The van der Waals surface area contributed by atoms with E-state index in [-0.39, 0.29) is 22.6 Å². The van der Waals surface area contributed by atoms with Gasteiger partial charge >= 0.3 is 0 Å². The second kappa shape index (κ2) is 6.28. The first-order chi connectivity index (χ1) is 9.44. The Labute approximate surface area is 123 Å². The maximum absolute atomic E-state index is 12.2. The molecule has 114 valence electrons. The predicted octanol–water partition coefficient (Wildman–Crippen LogP) is 1.48. The summed E-state index contributed by atoms with van der Waals surface area (Å²) in [6.45, 7) is 2.47. The minimum atomic E-state index is -3.37. The van der Waals surface area contributed by atoms with E-state index >= 15 is 0 Å². The number of nitrogens with one attached hydrogen (secondary N) is 1. The molecule has 0 amide bonds. The average Bonchev–Trinajstić information content (AvgIpc) is 2.93. The van der Waals surface area contributed by atoms with Gasteiger partial charge in [0.2, 0.25) is 0 Å². The summed E-state index contributed by atoms with van der Waals surface area (Å²) in [5, 5.41) is 13.2. The van der Waals surface area contributed by atoms with E-state index in [1.165, 1.54) is 0 Å². The van der Waals surface area contributed by atoms with Crippen LogP contribution in [-0.4, -0.2) is 36.3 Å². The average molecular weight is 319 g/mol. The summed E-state index contributed by atoms with van der Waals surface area (Å²) in [7, 11) is -3.37. The molecular formula is C12H21N3O3S2. The Morgan fingerprint density at radius 3 is 2.85 bits per heavy atom. The standard InChI is InChI=1S/C12H21N3O3S2/c1-2-5-20(17,18)10-11(13)15-19-12(10)14-7-8-3-4-9(16)6-8/h8-9,14,16H,2-7H2,1H3,(H2,13,15). The zero-order valence-electron chi connectivity index (χ0n) is 11.5. The molecule has 0 aliphatic heterocycles. The number of nitrogen functional groups attached to an aromatic ring is 1. The van der Waals surface area contributed by atoms with Crippen molar-refractivity contribution in [2.75, 3.05) is 23.3 Å². The Kier molecular flexibility index (Phi) is 4.87. The van der Waals surface area contributed by atoms with Crippen molar-refractivity contribution in [2.24, 2.45) is 5.92 Å². The van der Waals surface area contributed by atoms with Gasteiger partial charge in [0.1, 0.15) is 9.90 Å². The molecule has 1 aliphatic rings. The van der Waals surface area contributed by atoms with Crippen LogP contribution in [0.1, 0.15) is 32.6 Å². The SMILES string of the molecule is CCCS(=O)(=O)c1c(N)nsc1NCC1CCC(O)C1. The Bertz CT molecular complexity index is 556. The lowest BCUT2D eigenvalue weighted by atomic mass is 10.1. The first-order valence-electron chi connectivity index (χ1n) is 6.84. The monoisotopic (exact) mass is 319 g/mol. The second-order valence-corrected chi connectivity index (χ2v) is 8.08. The summed E-state index contributed by atoms with van der Waals surface area (Å²) in [5.74, 6) is 0.527. The van der Waals surface area contributed by atoms with Gasteiger partial charge in [0, 0.05) is 6.54 Å². The van der Waals surface area contributed by atoms with Crippen molar-refractivity contribution < 1.29 is 13.5 Å². The van der Waals surface area contributed by atoms with Gasteiger partial charge in [-0.25, -0.2) is 8.42 Å². The molecule has 2 rings (SSSR count). The lowest BCUT2D eigenvalue weighted by molar-refractivity contribution is 0.178. The third-order valence-electron chi connectivity index (χ3n) is 3.52. The summed E-state index contributed by atoms with van der Waals surface area (Å²) < 4.78 is 28.3. The molecule has 1 aromatic rings. The highest BCUT2D eigenvalue weighted by molar-refractivity contribution is 7.91. The highest BCUT2D eigenvalue weighted by atomic mass is 32.2. The highest BCUT2D eigenvalue weighted by Crippen LogP contribution is 2.34. The van der Waals surface area contributed by atoms with Crippen molar-refractivity contribution in [3.05, 3.63) is 0 Å². The number of nitrogens with two attached hydrogens (primary N) is 1. The summed E-state index contributed by atoms with van der Waals surface area (Å²) >= 11 is 1.09. The number of sulfone groups is 1. The number of aliphatic hydroxyl groups is 1. The molecule has 1 aromatic heterocycles. The zero-order valence-corrected chi connectivity index (χ0v) is 13.1. The fourth-order valence-corrected chi connectivity index (χ4v) is 5.18. The first kappa shape index (κ1) is 15.5. The van der Waals surface area contributed by atoms with Crippen LogP contribution in [0.25, 0.3) is 0 Å². The number of rotatable bonds is 6. The maximum atomic E-state index is 12.2. The molecule has 1 saturated carbocycles. The fraction of sp³-hybridized carbons (Fsp3) is 0.750. The quantitative estimate of drug-likeness (QED) is 0.733. The van der Waals surface area contributed by atoms with Gasteiger partial charge in [0.15, 0.2) is 15.7 Å². The molecule has 0 aromatic carbocycles. The van der Waals surface area contributed by atoms with Crippen LogP contribution in [0.2, 0.25) is 0 Å². The first-order valence-corrected chi connectivity index (χ1v) is 9.26. The van der Waals surface area contributed by atoms with Gasteiger partial charge in [-0.15, -0.1) is 0 Å². The second-order valence-electron chi connectivity index (χ2n) is 5.26. The molecule has 0 spiro atoms.